The van der Waals surface area contributed by atoms with Crippen LogP contribution in [0.2, 0.25) is 0 Å². The van der Waals surface area contributed by atoms with Crippen LogP contribution >= 0.6 is 11.3 Å². The van der Waals surface area contributed by atoms with Gasteiger partial charge in [0.15, 0.2) is 6.61 Å². The molecule has 1 aromatic heterocycles. The molecule has 1 aliphatic carbocycles. The first-order valence-electron chi connectivity index (χ1n) is 8.89. The van der Waals surface area contributed by atoms with Gasteiger partial charge in [0.2, 0.25) is 0 Å². The summed E-state index contributed by atoms with van der Waals surface area (Å²) < 4.78 is 4.93. The van der Waals surface area contributed by atoms with Gasteiger partial charge in [-0.1, -0.05) is 38.2 Å². The Morgan fingerprint density at radius 1 is 1.20 bits per heavy atom. The van der Waals surface area contributed by atoms with Crippen molar-refractivity contribution in [2.75, 3.05) is 13.2 Å². The van der Waals surface area contributed by atoms with Gasteiger partial charge in [-0.2, -0.15) is 0 Å². The zero-order valence-corrected chi connectivity index (χ0v) is 15.2. The molecule has 0 unspecified atom stereocenters. The van der Waals surface area contributed by atoms with Crippen molar-refractivity contribution in [3.63, 3.8) is 0 Å². The molecule has 138 valence electrons. The van der Waals surface area contributed by atoms with Crippen LogP contribution in [0.4, 0.5) is 4.79 Å². The normalized spacial score (nSPS) is 14.7. The molecule has 25 heavy (non-hydrogen) atoms. The molecule has 0 radical (unpaired) electrons. The second-order valence-corrected chi connectivity index (χ2v) is 7.37. The van der Waals surface area contributed by atoms with E-state index in [1.54, 1.807) is 11.3 Å². The van der Waals surface area contributed by atoms with E-state index in [4.69, 9.17) is 4.74 Å². The fraction of sp³-hybridized carbons (Fsp3) is 0.611. The molecular weight excluding hydrogens is 340 g/mol. The number of hydrogen-bond donors (Lipinski definition) is 2. The molecule has 2 N–H and O–H groups in total. The Hall–Kier alpha value is -1.89. The highest BCUT2D eigenvalue weighted by atomic mass is 32.1. The number of hydrogen-bond acceptors (Lipinski definition) is 5. The van der Waals surface area contributed by atoms with Gasteiger partial charge in [0.25, 0.3) is 5.91 Å². The average molecular weight is 366 g/mol. The second-order valence-electron chi connectivity index (χ2n) is 6.34. The molecule has 7 heteroatoms. The van der Waals surface area contributed by atoms with Crippen LogP contribution in [0.15, 0.2) is 17.5 Å². The van der Waals surface area contributed by atoms with Crippen LogP contribution < -0.4 is 10.6 Å². The highest BCUT2D eigenvalue weighted by Gasteiger charge is 2.16. The molecule has 0 atom stereocenters. The summed E-state index contributed by atoms with van der Waals surface area (Å²) in [5.74, 6) is -0.386. The molecule has 1 fully saturated rings. The van der Waals surface area contributed by atoms with Crippen LogP contribution in [0.25, 0.3) is 0 Å². The molecule has 1 heterocycles. The monoisotopic (exact) mass is 366 g/mol. The topological polar surface area (TPSA) is 84.5 Å². The van der Waals surface area contributed by atoms with Gasteiger partial charge >= 0.3 is 12.0 Å². The van der Waals surface area contributed by atoms with Crippen molar-refractivity contribution in [2.45, 2.75) is 51.4 Å². The summed E-state index contributed by atoms with van der Waals surface area (Å²) in [5, 5.41) is 6.73. The summed E-state index contributed by atoms with van der Waals surface area (Å²) >= 11 is 1.62. The van der Waals surface area contributed by atoms with E-state index >= 15 is 0 Å². The summed E-state index contributed by atoms with van der Waals surface area (Å²) in [6, 6.07) is 3.37. The molecule has 3 amide bonds. The number of esters is 1. The highest BCUT2D eigenvalue weighted by molar-refractivity contribution is 7.09. The van der Waals surface area contributed by atoms with Crippen molar-refractivity contribution in [1.82, 2.24) is 10.6 Å². The molecule has 0 spiro atoms. The maximum atomic E-state index is 11.7. The van der Waals surface area contributed by atoms with Gasteiger partial charge in [0.05, 0.1) is 0 Å². The lowest BCUT2D eigenvalue weighted by molar-refractivity contribution is -0.148. The molecule has 1 saturated carbocycles. The molecule has 0 aromatic carbocycles. The summed E-state index contributed by atoms with van der Waals surface area (Å²) in [5.41, 5.74) is 0. The number of rotatable bonds is 8. The summed E-state index contributed by atoms with van der Waals surface area (Å²) in [4.78, 5) is 36.0. The SMILES string of the molecule is O=C(COC(=O)CCC1CCCCC1)NC(=O)NCCc1cccs1. The third kappa shape index (κ3) is 8.16. The van der Waals surface area contributed by atoms with Crippen molar-refractivity contribution in [3.05, 3.63) is 22.4 Å². The van der Waals surface area contributed by atoms with Crippen LogP contribution in [-0.4, -0.2) is 31.1 Å². The molecular formula is C18H26N2O4S. The number of thiophene rings is 1. The molecule has 0 saturated heterocycles. The standard InChI is InChI=1S/C18H26N2O4S/c21-16(20-18(23)19-11-10-15-7-4-12-25-15)13-24-17(22)9-8-14-5-2-1-3-6-14/h4,7,12,14H,1-3,5-6,8-11,13H2,(H2,19,20,21,23). The van der Waals surface area contributed by atoms with Crippen LogP contribution in [0.5, 0.6) is 0 Å². The molecule has 1 aliphatic rings. The summed E-state index contributed by atoms with van der Waals surface area (Å²) in [7, 11) is 0. The van der Waals surface area contributed by atoms with E-state index in [-0.39, 0.29) is 5.97 Å². The maximum absolute atomic E-state index is 11.7. The molecule has 0 aliphatic heterocycles. The number of amides is 3. The number of ether oxygens (including phenoxy) is 1. The van der Waals surface area contributed by atoms with E-state index in [1.807, 2.05) is 17.5 Å². The molecule has 6 nitrogen and oxygen atoms in total. The van der Waals surface area contributed by atoms with E-state index in [0.717, 1.165) is 12.8 Å². The molecule has 0 bridgehead atoms. The Bertz CT molecular complexity index is 553. The van der Waals surface area contributed by atoms with Gasteiger partial charge in [0, 0.05) is 17.8 Å². The number of nitrogens with one attached hydrogen (secondary N) is 2. The third-order valence-corrected chi connectivity index (χ3v) is 5.27. The van der Waals surface area contributed by atoms with Crippen LogP contribution in [0.3, 0.4) is 0 Å². The second kappa shape index (κ2) is 10.9. The van der Waals surface area contributed by atoms with Crippen molar-refractivity contribution >= 4 is 29.2 Å². The van der Waals surface area contributed by atoms with E-state index in [2.05, 4.69) is 10.6 Å². The Balaban J connectivity index is 1.51. The van der Waals surface area contributed by atoms with E-state index < -0.39 is 18.5 Å². The minimum absolute atomic E-state index is 0.338. The Morgan fingerprint density at radius 2 is 2.00 bits per heavy atom. The molecule has 2 rings (SSSR count). The van der Waals surface area contributed by atoms with Gasteiger partial charge in [-0.3, -0.25) is 14.9 Å². The lowest BCUT2D eigenvalue weighted by Crippen LogP contribution is -2.42. The Kier molecular flexibility index (Phi) is 8.45. The van der Waals surface area contributed by atoms with Crippen molar-refractivity contribution in [3.8, 4) is 0 Å². The first-order chi connectivity index (χ1) is 12.1. The minimum atomic E-state index is -0.611. The number of imide groups is 1. The van der Waals surface area contributed by atoms with Gasteiger partial charge in [-0.05, 0) is 30.2 Å². The maximum Gasteiger partial charge on any atom is 0.321 e. The largest absolute Gasteiger partial charge is 0.456 e. The van der Waals surface area contributed by atoms with E-state index in [0.29, 0.717) is 18.9 Å². The van der Waals surface area contributed by atoms with Crippen molar-refractivity contribution in [2.24, 2.45) is 5.92 Å². The first-order valence-corrected chi connectivity index (χ1v) is 9.77. The third-order valence-electron chi connectivity index (χ3n) is 4.34. The number of urea groups is 1. The van der Waals surface area contributed by atoms with Crippen molar-refractivity contribution in [1.29, 1.82) is 0 Å². The summed E-state index contributed by atoms with van der Waals surface area (Å²) in [6.07, 6.45) is 8.01. The Morgan fingerprint density at radius 3 is 2.72 bits per heavy atom. The fourth-order valence-electron chi connectivity index (χ4n) is 2.98. The molecule has 1 aromatic rings. The van der Waals surface area contributed by atoms with Gasteiger partial charge < -0.3 is 10.1 Å². The van der Waals surface area contributed by atoms with Gasteiger partial charge in [-0.15, -0.1) is 11.3 Å². The fourth-order valence-corrected chi connectivity index (χ4v) is 3.69. The van der Waals surface area contributed by atoms with E-state index in [9.17, 15) is 14.4 Å². The Labute approximate surface area is 152 Å². The van der Waals surface area contributed by atoms with Crippen LogP contribution in [0.1, 0.15) is 49.8 Å². The lowest BCUT2D eigenvalue weighted by Gasteiger charge is -2.20. The van der Waals surface area contributed by atoms with Crippen molar-refractivity contribution < 1.29 is 19.1 Å². The van der Waals surface area contributed by atoms with E-state index in [1.165, 1.54) is 37.0 Å². The number of carbonyl (C=O) groups is 3. The van der Waals surface area contributed by atoms with Gasteiger partial charge in [0.1, 0.15) is 0 Å². The number of carbonyl (C=O) groups excluding carboxylic acids is 3. The highest BCUT2D eigenvalue weighted by Crippen LogP contribution is 2.27. The quantitative estimate of drug-likeness (QED) is 0.693. The average Bonchev–Trinajstić information content (AvgIpc) is 3.12. The van der Waals surface area contributed by atoms with Gasteiger partial charge in [-0.25, -0.2) is 4.79 Å². The zero-order valence-electron chi connectivity index (χ0n) is 14.4. The predicted octanol–water partition coefficient (Wildman–Crippen LogP) is 3.02. The predicted molar refractivity (Wildman–Crippen MR) is 96.3 cm³/mol. The minimum Gasteiger partial charge on any atom is -0.456 e. The van der Waals surface area contributed by atoms with Crippen LogP contribution in [0, 0.1) is 5.92 Å². The summed E-state index contributed by atoms with van der Waals surface area (Å²) in [6.45, 7) is 0.0304. The zero-order chi connectivity index (χ0) is 17.9. The van der Waals surface area contributed by atoms with Crippen LogP contribution in [-0.2, 0) is 20.7 Å². The first kappa shape index (κ1) is 19.4. The lowest BCUT2D eigenvalue weighted by atomic mass is 9.86. The smallest absolute Gasteiger partial charge is 0.321 e.